The molecule has 2 heterocycles. The third kappa shape index (κ3) is 3.92. The fraction of sp³-hybridized carbons (Fsp3) is 0.318. The van der Waals surface area contributed by atoms with E-state index in [4.69, 9.17) is 0 Å². The summed E-state index contributed by atoms with van der Waals surface area (Å²) < 4.78 is 2.15. The number of fused-ring (bicyclic) bond motifs is 1. The number of non-ortho nitro benzene ring substituents is 1. The highest BCUT2D eigenvalue weighted by molar-refractivity contribution is 5.82. The Morgan fingerprint density at radius 1 is 1.03 bits per heavy atom. The number of rotatable bonds is 5. The van der Waals surface area contributed by atoms with E-state index in [1.807, 2.05) is 0 Å². The molecule has 2 aromatic carbocycles. The molecule has 0 bridgehead atoms. The molecule has 0 atom stereocenters. The smallest absolute Gasteiger partial charge is 0.336 e. The highest BCUT2D eigenvalue weighted by Crippen LogP contribution is 2.16. The summed E-state index contributed by atoms with van der Waals surface area (Å²) in [6.45, 7) is 5.45. The maximum Gasteiger partial charge on any atom is 0.336 e. The number of hydrogen-bond donors (Lipinski definition) is 0. The predicted molar refractivity (Wildman–Crippen MR) is 119 cm³/mol. The molecule has 1 fully saturated rings. The van der Waals surface area contributed by atoms with E-state index in [0.29, 0.717) is 18.6 Å². The summed E-state index contributed by atoms with van der Waals surface area (Å²) in [5, 5.41) is 11.4. The van der Waals surface area contributed by atoms with E-state index in [2.05, 4.69) is 11.8 Å². The van der Waals surface area contributed by atoms with Crippen molar-refractivity contribution in [1.29, 1.82) is 0 Å². The van der Waals surface area contributed by atoms with Gasteiger partial charge in [0.25, 0.3) is 11.2 Å². The van der Waals surface area contributed by atoms with Gasteiger partial charge in [-0.2, -0.15) is 0 Å². The second kappa shape index (κ2) is 8.75. The van der Waals surface area contributed by atoms with Crippen molar-refractivity contribution in [2.75, 3.05) is 32.7 Å². The molecule has 4 rings (SSSR count). The minimum Gasteiger partial charge on any atom is -0.339 e. The maximum atomic E-state index is 13.4. The lowest BCUT2D eigenvalue weighted by Crippen LogP contribution is -2.50. The van der Waals surface area contributed by atoms with Gasteiger partial charge in [0.2, 0.25) is 5.91 Å². The van der Waals surface area contributed by atoms with Crippen LogP contribution in [0.15, 0.2) is 58.1 Å². The van der Waals surface area contributed by atoms with E-state index >= 15 is 0 Å². The van der Waals surface area contributed by atoms with Crippen molar-refractivity contribution in [2.45, 2.75) is 13.5 Å². The molecule has 0 saturated carbocycles. The fourth-order valence-electron chi connectivity index (χ4n) is 4.00. The number of carbonyl (C=O) groups is 1. The molecule has 1 aromatic heterocycles. The Morgan fingerprint density at radius 3 is 2.44 bits per heavy atom. The van der Waals surface area contributed by atoms with E-state index in [1.165, 1.54) is 28.8 Å². The molecule has 1 aliphatic rings. The van der Waals surface area contributed by atoms with Gasteiger partial charge in [0, 0.05) is 38.3 Å². The lowest BCUT2D eigenvalue weighted by Gasteiger charge is -2.34. The lowest BCUT2D eigenvalue weighted by atomic mass is 10.2. The van der Waals surface area contributed by atoms with Crippen molar-refractivity contribution in [3.8, 4) is 5.69 Å². The van der Waals surface area contributed by atoms with Crippen molar-refractivity contribution in [1.82, 2.24) is 18.9 Å². The summed E-state index contributed by atoms with van der Waals surface area (Å²) in [5.41, 5.74) is -1.11. The van der Waals surface area contributed by atoms with Gasteiger partial charge >= 0.3 is 5.69 Å². The van der Waals surface area contributed by atoms with E-state index in [1.54, 1.807) is 29.2 Å². The minimum absolute atomic E-state index is 0.0812. The van der Waals surface area contributed by atoms with Crippen LogP contribution < -0.4 is 11.2 Å². The number of nitrogens with zero attached hydrogens (tertiary/aromatic N) is 5. The molecule has 0 N–H and O–H groups in total. The number of para-hydroxylation sites is 1. The Morgan fingerprint density at radius 2 is 1.75 bits per heavy atom. The molecule has 10 nitrogen and oxygen atoms in total. The summed E-state index contributed by atoms with van der Waals surface area (Å²) in [5.74, 6) is -0.211. The first-order valence-electron chi connectivity index (χ1n) is 10.4. The molecule has 10 heteroatoms. The van der Waals surface area contributed by atoms with Gasteiger partial charge in [0.15, 0.2) is 0 Å². The van der Waals surface area contributed by atoms with Crippen molar-refractivity contribution >= 4 is 22.5 Å². The first-order chi connectivity index (χ1) is 15.4. The van der Waals surface area contributed by atoms with Crippen LogP contribution in [-0.2, 0) is 11.3 Å². The van der Waals surface area contributed by atoms with Gasteiger partial charge in [0.05, 0.1) is 21.5 Å². The Hall–Kier alpha value is -3.79. The molecule has 166 valence electrons. The molecule has 1 amide bonds. The Bertz CT molecular complexity index is 1300. The minimum atomic E-state index is -0.713. The van der Waals surface area contributed by atoms with Crippen molar-refractivity contribution in [2.24, 2.45) is 0 Å². The van der Waals surface area contributed by atoms with Crippen LogP contribution in [0.3, 0.4) is 0 Å². The number of piperazine rings is 1. The quantitative estimate of drug-likeness (QED) is 0.438. The first-order valence-corrected chi connectivity index (χ1v) is 10.4. The molecule has 32 heavy (non-hydrogen) atoms. The van der Waals surface area contributed by atoms with Gasteiger partial charge in [0.1, 0.15) is 6.54 Å². The van der Waals surface area contributed by atoms with Crippen LogP contribution in [0.5, 0.6) is 0 Å². The summed E-state index contributed by atoms with van der Waals surface area (Å²) in [4.78, 5) is 54.1. The van der Waals surface area contributed by atoms with Crippen LogP contribution in [0.4, 0.5) is 5.69 Å². The Labute approximate surface area is 183 Å². The maximum absolute atomic E-state index is 13.4. The molecule has 1 saturated heterocycles. The van der Waals surface area contributed by atoms with E-state index < -0.39 is 16.2 Å². The number of hydrogen-bond acceptors (Lipinski definition) is 6. The highest BCUT2D eigenvalue weighted by Gasteiger charge is 2.23. The second-order valence-electron chi connectivity index (χ2n) is 7.62. The average molecular weight is 437 g/mol. The zero-order valence-electron chi connectivity index (χ0n) is 17.6. The lowest BCUT2D eigenvalue weighted by molar-refractivity contribution is -0.384. The summed E-state index contributed by atoms with van der Waals surface area (Å²) in [7, 11) is 0. The number of nitro benzene ring substituents is 1. The van der Waals surface area contributed by atoms with E-state index in [-0.39, 0.29) is 29.2 Å². The van der Waals surface area contributed by atoms with Gasteiger partial charge in [-0.1, -0.05) is 25.1 Å². The van der Waals surface area contributed by atoms with Crippen molar-refractivity contribution in [3.05, 3.63) is 79.5 Å². The van der Waals surface area contributed by atoms with Crippen molar-refractivity contribution < 1.29 is 9.72 Å². The normalized spacial score (nSPS) is 14.6. The Kier molecular flexibility index (Phi) is 5.87. The second-order valence-corrected chi connectivity index (χ2v) is 7.62. The third-order valence-electron chi connectivity index (χ3n) is 5.81. The SMILES string of the molecule is CCN1CCN(C(=O)Cn2c(=O)n(-c3cccc([N+](=O)[O-])c3)c(=O)c3ccccc32)CC1. The van der Waals surface area contributed by atoms with E-state index in [0.717, 1.165) is 24.2 Å². The summed E-state index contributed by atoms with van der Waals surface area (Å²) in [6, 6.07) is 11.9. The zero-order chi connectivity index (χ0) is 22.8. The molecular weight excluding hydrogens is 414 g/mol. The van der Waals surface area contributed by atoms with Crippen LogP contribution in [-0.4, -0.2) is 62.5 Å². The molecule has 3 aromatic rings. The number of aromatic nitrogens is 2. The van der Waals surface area contributed by atoms with Crippen LogP contribution in [0, 0.1) is 10.1 Å². The molecule has 1 aliphatic heterocycles. The van der Waals surface area contributed by atoms with Gasteiger partial charge in [-0.25, -0.2) is 9.36 Å². The highest BCUT2D eigenvalue weighted by atomic mass is 16.6. The number of carbonyl (C=O) groups excluding carboxylic acids is 1. The third-order valence-corrected chi connectivity index (χ3v) is 5.81. The largest absolute Gasteiger partial charge is 0.339 e. The monoisotopic (exact) mass is 437 g/mol. The number of nitro groups is 1. The van der Waals surface area contributed by atoms with Gasteiger partial charge in [-0.05, 0) is 24.7 Å². The van der Waals surface area contributed by atoms with Gasteiger partial charge in [-0.3, -0.25) is 24.3 Å². The number of amides is 1. The molecule has 0 spiro atoms. The van der Waals surface area contributed by atoms with E-state index in [9.17, 15) is 24.5 Å². The van der Waals surface area contributed by atoms with Gasteiger partial charge in [-0.15, -0.1) is 0 Å². The number of likely N-dealkylation sites (N-methyl/N-ethyl adjacent to an activating group) is 1. The molecular formula is C22H23N5O5. The van der Waals surface area contributed by atoms with Crippen LogP contribution in [0.1, 0.15) is 6.92 Å². The van der Waals surface area contributed by atoms with Crippen LogP contribution in [0.2, 0.25) is 0 Å². The summed E-state index contributed by atoms with van der Waals surface area (Å²) in [6.07, 6.45) is 0. The molecule has 0 radical (unpaired) electrons. The molecule has 0 unspecified atom stereocenters. The molecule has 0 aliphatic carbocycles. The van der Waals surface area contributed by atoms with Crippen LogP contribution >= 0.6 is 0 Å². The topological polar surface area (TPSA) is 111 Å². The predicted octanol–water partition coefficient (Wildman–Crippen LogP) is 1.22. The van der Waals surface area contributed by atoms with Crippen LogP contribution in [0.25, 0.3) is 16.6 Å². The standard InChI is InChI=1S/C22H23N5O5/c1-2-23-10-12-24(13-11-23)20(28)15-25-19-9-4-3-8-18(19)21(29)26(22(25)30)16-6-5-7-17(14-16)27(31)32/h3-9,14H,2,10-13,15H2,1H3. The number of benzene rings is 2. The first kappa shape index (κ1) is 21.4. The average Bonchev–Trinajstić information content (AvgIpc) is 2.82. The van der Waals surface area contributed by atoms with Crippen molar-refractivity contribution in [3.63, 3.8) is 0 Å². The van der Waals surface area contributed by atoms with Gasteiger partial charge < -0.3 is 9.80 Å². The zero-order valence-corrected chi connectivity index (χ0v) is 17.6. The summed E-state index contributed by atoms with van der Waals surface area (Å²) >= 11 is 0. The Balaban J connectivity index is 1.80. The fourth-order valence-corrected chi connectivity index (χ4v) is 4.00.